The van der Waals surface area contributed by atoms with Gasteiger partial charge < -0.3 is 15.2 Å². The van der Waals surface area contributed by atoms with Crippen molar-refractivity contribution in [3.05, 3.63) is 42.2 Å². The Morgan fingerprint density at radius 1 is 1.26 bits per heavy atom. The summed E-state index contributed by atoms with van der Waals surface area (Å²) in [5, 5.41) is 13.7. The number of carbonyl (C=O) groups is 2. The molecule has 122 valence electrons. The second-order valence-electron chi connectivity index (χ2n) is 6.30. The fourth-order valence-corrected chi connectivity index (χ4v) is 2.15. The number of aromatic nitrogens is 1. The number of benzene rings is 1. The molecule has 1 aromatic heterocycles. The van der Waals surface area contributed by atoms with Gasteiger partial charge in [-0.05, 0) is 43.9 Å². The van der Waals surface area contributed by atoms with E-state index < -0.39 is 23.7 Å². The average Bonchev–Trinajstić information content (AvgIpc) is 2.44. The van der Waals surface area contributed by atoms with E-state index in [2.05, 4.69) is 10.3 Å². The molecule has 0 saturated carbocycles. The minimum absolute atomic E-state index is 0.166. The van der Waals surface area contributed by atoms with Gasteiger partial charge in [0.2, 0.25) is 0 Å². The van der Waals surface area contributed by atoms with E-state index >= 15 is 0 Å². The Hall–Kier alpha value is -2.63. The lowest BCUT2D eigenvalue weighted by atomic mass is 10.0. The first-order chi connectivity index (χ1) is 10.7. The molecule has 0 radical (unpaired) electrons. The van der Waals surface area contributed by atoms with Gasteiger partial charge in [0.15, 0.2) is 0 Å². The second-order valence-corrected chi connectivity index (χ2v) is 6.30. The van der Waals surface area contributed by atoms with Crippen LogP contribution in [0.2, 0.25) is 0 Å². The number of aliphatic carboxylic acids is 1. The third-order valence-corrected chi connectivity index (χ3v) is 3.13. The molecule has 2 rings (SSSR count). The predicted molar refractivity (Wildman–Crippen MR) is 86.2 cm³/mol. The van der Waals surface area contributed by atoms with Crippen LogP contribution in [0.4, 0.5) is 4.79 Å². The van der Waals surface area contributed by atoms with E-state index in [4.69, 9.17) is 4.74 Å². The molecular formula is C17H20N2O4. The van der Waals surface area contributed by atoms with Gasteiger partial charge in [0.1, 0.15) is 11.6 Å². The minimum atomic E-state index is -1.11. The number of hydrogen-bond donors (Lipinski definition) is 2. The van der Waals surface area contributed by atoms with Gasteiger partial charge in [0, 0.05) is 24.2 Å². The lowest BCUT2D eigenvalue weighted by Crippen LogP contribution is -2.44. The van der Waals surface area contributed by atoms with Crippen molar-refractivity contribution in [3.8, 4) is 0 Å². The van der Waals surface area contributed by atoms with E-state index in [0.717, 1.165) is 16.3 Å². The van der Waals surface area contributed by atoms with Crippen LogP contribution in [-0.2, 0) is 16.0 Å². The number of carboxylic acids is 1. The molecule has 6 heteroatoms. The smallest absolute Gasteiger partial charge is 0.408 e. The molecular weight excluding hydrogens is 296 g/mol. The average molecular weight is 316 g/mol. The van der Waals surface area contributed by atoms with Gasteiger partial charge in [0.25, 0.3) is 0 Å². The van der Waals surface area contributed by atoms with E-state index in [1.807, 2.05) is 24.3 Å². The molecule has 0 spiro atoms. The van der Waals surface area contributed by atoms with Crippen LogP contribution in [0.3, 0.4) is 0 Å². The molecule has 0 bridgehead atoms. The van der Waals surface area contributed by atoms with Crippen LogP contribution in [0.5, 0.6) is 0 Å². The molecule has 0 fully saturated rings. The number of rotatable bonds is 4. The molecule has 1 aromatic carbocycles. The van der Waals surface area contributed by atoms with Crippen molar-refractivity contribution in [2.45, 2.75) is 38.8 Å². The molecule has 2 aromatic rings. The lowest BCUT2D eigenvalue weighted by Gasteiger charge is -2.22. The number of pyridine rings is 1. The van der Waals surface area contributed by atoms with Gasteiger partial charge in [-0.25, -0.2) is 9.59 Å². The van der Waals surface area contributed by atoms with Gasteiger partial charge in [-0.1, -0.05) is 12.1 Å². The third kappa shape index (κ3) is 4.95. The molecule has 0 saturated heterocycles. The van der Waals surface area contributed by atoms with E-state index in [-0.39, 0.29) is 6.42 Å². The fourth-order valence-electron chi connectivity index (χ4n) is 2.15. The molecule has 6 nitrogen and oxygen atoms in total. The number of carboxylic acid groups (broad SMARTS) is 1. The third-order valence-electron chi connectivity index (χ3n) is 3.13. The molecule has 1 amide bonds. The Morgan fingerprint density at radius 2 is 2.00 bits per heavy atom. The largest absolute Gasteiger partial charge is 0.480 e. The fraction of sp³-hybridized carbons (Fsp3) is 0.353. The van der Waals surface area contributed by atoms with Crippen LogP contribution in [0, 0.1) is 0 Å². The highest BCUT2D eigenvalue weighted by molar-refractivity contribution is 5.83. The molecule has 23 heavy (non-hydrogen) atoms. The topological polar surface area (TPSA) is 88.5 Å². The molecule has 0 aliphatic rings. The summed E-state index contributed by atoms with van der Waals surface area (Å²) in [4.78, 5) is 27.2. The summed E-state index contributed by atoms with van der Waals surface area (Å²) in [7, 11) is 0. The van der Waals surface area contributed by atoms with Crippen molar-refractivity contribution in [3.63, 3.8) is 0 Å². The second kappa shape index (κ2) is 6.64. The molecule has 2 N–H and O–H groups in total. The first-order valence-electron chi connectivity index (χ1n) is 7.29. The Bertz CT molecular complexity index is 722. The van der Waals surface area contributed by atoms with E-state index in [0.29, 0.717) is 0 Å². The van der Waals surface area contributed by atoms with Gasteiger partial charge in [-0.3, -0.25) is 4.98 Å². The number of carbonyl (C=O) groups excluding carboxylic acids is 1. The zero-order valence-corrected chi connectivity index (χ0v) is 13.4. The first-order valence-corrected chi connectivity index (χ1v) is 7.29. The van der Waals surface area contributed by atoms with Crippen LogP contribution in [0.1, 0.15) is 26.3 Å². The maximum atomic E-state index is 11.8. The van der Waals surface area contributed by atoms with E-state index in [1.165, 1.54) is 0 Å². The number of alkyl carbamates (subject to hydrolysis) is 1. The summed E-state index contributed by atoms with van der Waals surface area (Å²) in [6.07, 6.45) is 2.84. The molecule has 0 aliphatic carbocycles. The summed E-state index contributed by atoms with van der Waals surface area (Å²) in [5.41, 5.74) is 0.121. The number of hydrogen-bond acceptors (Lipinski definition) is 4. The summed E-state index contributed by atoms with van der Waals surface area (Å²) >= 11 is 0. The summed E-state index contributed by atoms with van der Waals surface area (Å²) in [6, 6.07) is 6.44. The summed E-state index contributed by atoms with van der Waals surface area (Å²) < 4.78 is 5.10. The summed E-state index contributed by atoms with van der Waals surface area (Å²) in [5.74, 6) is -1.11. The molecule has 1 atom stereocenters. The normalized spacial score (nSPS) is 12.7. The highest BCUT2D eigenvalue weighted by atomic mass is 16.6. The highest BCUT2D eigenvalue weighted by Crippen LogP contribution is 2.16. The summed E-state index contributed by atoms with van der Waals surface area (Å²) in [6.45, 7) is 5.16. The number of ether oxygens (including phenoxy) is 1. The van der Waals surface area contributed by atoms with Gasteiger partial charge in [-0.15, -0.1) is 0 Å². The van der Waals surface area contributed by atoms with Crippen molar-refractivity contribution >= 4 is 22.8 Å². The molecule has 1 unspecified atom stereocenters. The quantitative estimate of drug-likeness (QED) is 0.905. The standard InChI is InChI=1S/C17H20N2O4/c1-17(2,3)23-16(22)19-14(15(20)21)9-11-4-5-12-6-7-18-10-13(12)8-11/h4-8,10,14H,9H2,1-3H3,(H,19,22)(H,20,21). The monoisotopic (exact) mass is 316 g/mol. The highest BCUT2D eigenvalue weighted by Gasteiger charge is 2.24. The first kappa shape index (κ1) is 16.7. The van der Waals surface area contributed by atoms with Crippen LogP contribution in [-0.4, -0.2) is 33.8 Å². The van der Waals surface area contributed by atoms with Crippen molar-refractivity contribution < 1.29 is 19.4 Å². The van der Waals surface area contributed by atoms with E-state index in [1.54, 1.807) is 33.2 Å². The number of nitrogens with zero attached hydrogens (tertiary/aromatic N) is 1. The Labute approximate surface area is 134 Å². The minimum Gasteiger partial charge on any atom is -0.480 e. The lowest BCUT2D eigenvalue weighted by molar-refractivity contribution is -0.139. The molecule has 0 aliphatic heterocycles. The van der Waals surface area contributed by atoms with Crippen LogP contribution >= 0.6 is 0 Å². The zero-order chi connectivity index (χ0) is 17.0. The number of nitrogens with one attached hydrogen (secondary N) is 1. The zero-order valence-electron chi connectivity index (χ0n) is 13.4. The van der Waals surface area contributed by atoms with Crippen LogP contribution < -0.4 is 5.32 Å². The number of amides is 1. The van der Waals surface area contributed by atoms with Crippen molar-refractivity contribution in [1.82, 2.24) is 10.3 Å². The van der Waals surface area contributed by atoms with Gasteiger partial charge in [0.05, 0.1) is 0 Å². The van der Waals surface area contributed by atoms with E-state index in [9.17, 15) is 14.7 Å². The maximum absolute atomic E-state index is 11.8. The van der Waals surface area contributed by atoms with Crippen molar-refractivity contribution in [2.75, 3.05) is 0 Å². The van der Waals surface area contributed by atoms with Gasteiger partial charge in [-0.2, -0.15) is 0 Å². The SMILES string of the molecule is CC(C)(C)OC(=O)NC(Cc1ccc2ccncc2c1)C(=O)O. The van der Waals surface area contributed by atoms with Gasteiger partial charge >= 0.3 is 12.1 Å². The van der Waals surface area contributed by atoms with Crippen molar-refractivity contribution in [1.29, 1.82) is 0 Å². The Morgan fingerprint density at radius 3 is 2.65 bits per heavy atom. The maximum Gasteiger partial charge on any atom is 0.408 e. The Balaban J connectivity index is 2.11. The Kier molecular flexibility index (Phi) is 4.83. The molecule has 1 heterocycles. The predicted octanol–water partition coefficient (Wildman–Crippen LogP) is 2.76. The van der Waals surface area contributed by atoms with Crippen LogP contribution in [0.15, 0.2) is 36.7 Å². The van der Waals surface area contributed by atoms with Crippen LogP contribution in [0.25, 0.3) is 10.8 Å². The van der Waals surface area contributed by atoms with Crippen molar-refractivity contribution in [2.24, 2.45) is 0 Å². The number of fused-ring (bicyclic) bond motifs is 1.